The summed E-state index contributed by atoms with van der Waals surface area (Å²) in [5.74, 6) is 2.86. The van der Waals surface area contributed by atoms with E-state index in [1.807, 2.05) is 0 Å². The molecule has 0 N–H and O–H groups in total. The highest BCUT2D eigenvalue weighted by Crippen LogP contribution is 2.61. The van der Waals surface area contributed by atoms with Gasteiger partial charge < -0.3 is 4.90 Å². The summed E-state index contributed by atoms with van der Waals surface area (Å²) < 4.78 is 0. The average Bonchev–Trinajstić information content (AvgIpc) is 3.19. The van der Waals surface area contributed by atoms with Gasteiger partial charge in [-0.1, -0.05) is 122 Å². The predicted octanol–water partition coefficient (Wildman–Crippen LogP) is 13.7. The van der Waals surface area contributed by atoms with Crippen LogP contribution in [0.25, 0.3) is 21.9 Å². The van der Waals surface area contributed by atoms with E-state index in [9.17, 15) is 0 Å². The fourth-order valence-electron chi connectivity index (χ4n) is 11.6. The standard InChI is InChI=1S/C50H49N/c1-3-11-44(12-4-1)50(27-7-2-8-28-50)45-19-25-48(26-20-45)51(46-21-15-40(16-22-46)42-14-13-39-9-5-6-10-41(39)32-42)47-23-17-43(18-24-47)49-33-36-29-37(34-49)31-38(30-36)35-49/h1,3-6,9-26,32,36-38H,2,7-8,27-31,33-35H2. The van der Waals surface area contributed by atoms with Crippen LogP contribution in [0.4, 0.5) is 17.1 Å². The molecule has 0 heterocycles. The lowest BCUT2D eigenvalue weighted by atomic mass is 9.48. The van der Waals surface area contributed by atoms with Crippen LogP contribution in [0.1, 0.15) is 87.3 Å². The number of nitrogens with zero attached hydrogens (tertiary/aromatic N) is 1. The molecule has 0 saturated heterocycles. The molecule has 6 aromatic carbocycles. The van der Waals surface area contributed by atoms with Crippen LogP contribution in [0.5, 0.6) is 0 Å². The largest absolute Gasteiger partial charge is 0.311 e. The third-order valence-electron chi connectivity index (χ3n) is 13.7. The second-order valence-electron chi connectivity index (χ2n) is 16.7. The summed E-state index contributed by atoms with van der Waals surface area (Å²) in [7, 11) is 0. The summed E-state index contributed by atoms with van der Waals surface area (Å²) in [4.78, 5) is 2.48. The van der Waals surface area contributed by atoms with Crippen molar-refractivity contribution in [1.82, 2.24) is 0 Å². The van der Waals surface area contributed by atoms with Crippen LogP contribution >= 0.6 is 0 Å². The highest BCUT2D eigenvalue weighted by Gasteiger charge is 2.51. The molecule has 4 bridgehead atoms. The van der Waals surface area contributed by atoms with Crippen molar-refractivity contribution in [3.63, 3.8) is 0 Å². The highest BCUT2D eigenvalue weighted by atomic mass is 15.1. The minimum Gasteiger partial charge on any atom is -0.311 e. The monoisotopic (exact) mass is 663 g/mol. The van der Waals surface area contributed by atoms with E-state index < -0.39 is 0 Å². The molecule has 51 heavy (non-hydrogen) atoms. The van der Waals surface area contributed by atoms with Gasteiger partial charge in [-0.3, -0.25) is 0 Å². The summed E-state index contributed by atoms with van der Waals surface area (Å²) in [6, 6.07) is 55.5. The molecular formula is C50H49N. The Balaban J connectivity index is 1.02. The van der Waals surface area contributed by atoms with Gasteiger partial charge >= 0.3 is 0 Å². The Kier molecular flexibility index (Phi) is 7.67. The number of anilines is 3. The van der Waals surface area contributed by atoms with Crippen molar-refractivity contribution >= 4 is 27.8 Å². The second-order valence-corrected chi connectivity index (χ2v) is 16.7. The number of hydrogen-bond donors (Lipinski definition) is 0. The van der Waals surface area contributed by atoms with Crippen LogP contribution in [-0.4, -0.2) is 0 Å². The van der Waals surface area contributed by atoms with Crippen LogP contribution in [0, 0.1) is 17.8 Å². The Morgan fingerprint density at radius 3 is 1.51 bits per heavy atom. The van der Waals surface area contributed by atoms with Gasteiger partial charge in [-0.15, -0.1) is 0 Å². The van der Waals surface area contributed by atoms with Gasteiger partial charge in [0, 0.05) is 22.5 Å². The summed E-state index contributed by atoms with van der Waals surface area (Å²) >= 11 is 0. The molecule has 5 fully saturated rings. The van der Waals surface area contributed by atoms with E-state index >= 15 is 0 Å². The lowest BCUT2D eigenvalue weighted by Gasteiger charge is -2.57. The zero-order valence-electron chi connectivity index (χ0n) is 29.8. The minimum atomic E-state index is 0.101. The Morgan fingerprint density at radius 2 is 0.902 bits per heavy atom. The number of fused-ring (bicyclic) bond motifs is 1. The third kappa shape index (κ3) is 5.52. The Bertz CT molecular complexity index is 2100. The van der Waals surface area contributed by atoms with Crippen molar-refractivity contribution < 1.29 is 0 Å². The predicted molar refractivity (Wildman–Crippen MR) is 214 cm³/mol. The first kappa shape index (κ1) is 31.1. The van der Waals surface area contributed by atoms with Crippen LogP contribution in [0.3, 0.4) is 0 Å². The van der Waals surface area contributed by atoms with E-state index in [0.717, 1.165) is 17.8 Å². The number of rotatable bonds is 7. The average molecular weight is 664 g/mol. The topological polar surface area (TPSA) is 3.24 Å². The van der Waals surface area contributed by atoms with E-state index in [1.165, 1.54) is 121 Å². The quantitative estimate of drug-likeness (QED) is 0.164. The van der Waals surface area contributed by atoms with E-state index in [4.69, 9.17) is 0 Å². The zero-order chi connectivity index (χ0) is 33.8. The normalized spacial score (nSPS) is 24.8. The number of benzene rings is 6. The molecule has 5 aliphatic carbocycles. The summed E-state index contributed by atoms with van der Waals surface area (Å²) in [6.07, 6.45) is 15.1. The second kappa shape index (κ2) is 12.6. The molecule has 11 rings (SSSR count). The molecule has 6 aromatic rings. The van der Waals surface area contributed by atoms with Crippen LogP contribution < -0.4 is 4.90 Å². The summed E-state index contributed by atoms with van der Waals surface area (Å²) in [5.41, 5.74) is 11.2. The molecule has 254 valence electrons. The van der Waals surface area contributed by atoms with Gasteiger partial charge in [-0.05, 0) is 156 Å². The van der Waals surface area contributed by atoms with E-state index in [0.29, 0.717) is 5.41 Å². The van der Waals surface area contributed by atoms with Crippen molar-refractivity contribution in [3.05, 3.63) is 162 Å². The first-order valence-corrected chi connectivity index (χ1v) is 19.8. The molecule has 0 unspecified atom stereocenters. The maximum Gasteiger partial charge on any atom is 0.0462 e. The van der Waals surface area contributed by atoms with Gasteiger partial charge in [0.15, 0.2) is 0 Å². The fourth-order valence-corrected chi connectivity index (χ4v) is 11.6. The van der Waals surface area contributed by atoms with Gasteiger partial charge in [0.2, 0.25) is 0 Å². The third-order valence-corrected chi connectivity index (χ3v) is 13.7. The molecule has 5 saturated carbocycles. The number of hydrogen-bond acceptors (Lipinski definition) is 1. The van der Waals surface area contributed by atoms with Crippen molar-refractivity contribution in [2.45, 2.75) is 81.5 Å². The molecule has 5 aliphatic rings. The lowest BCUT2D eigenvalue weighted by Crippen LogP contribution is -2.48. The first-order valence-electron chi connectivity index (χ1n) is 19.8. The smallest absolute Gasteiger partial charge is 0.0462 e. The zero-order valence-corrected chi connectivity index (χ0v) is 29.8. The molecule has 1 nitrogen and oxygen atoms in total. The van der Waals surface area contributed by atoms with Gasteiger partial charge in [0.25, 0.3) is 0 Å². The summed E-state index contributed by atoms with van der Waals surface area (Å²) in [6.45, 7) is 0. The van der Waals surface area contributed by atoms with Crippen molar-refractivity contribution in [2.75, 3.05) is 4.90 Å². The Hall–Kier alpha value is -4.62. The van der Waals surface area contributed by atoms with Crippen LogP contribution in [-0.2, 0) is 10.8 Å². The van der Waals surface area contributed by atoms with Crippen molar-refractivity contribution in [2.24, 2.45) is 17.8 Å². The maximum absolute atomic E-state index is 2.50. The maximum atomic E-state index is 2.50. The molecule has 0 aliphatic heterocycles. The first-order chi connectivity index (χ1) is 25.1. The lowest BCUT2D eigenvalue weighted by molar-refractivity contribution is -0.00518. The van der Waals surface area contributed by atoms with Crippen LogP contribution in [0.15, 0.2) is 146 Å². The molecule has 0 amide bonds. The Labute approximate surface area is 304 Å². The van der Waals surface area contributed by atoms with Gasteiger partial charge in [-0.25, -0.2) is 0 Å². The molecule has 0 aromatic heterocycles. The van der Waals surface area contributed by atoms with E-state index in [1.54, 1.807) is 5.56 Å². The van der Waals surface area contributed by atoms with Crippen molar-refractivity contribution in [3.8, 4) is 11.1 Å². The molecular weight excluding hydrogens is 615 g/mol. The molecule has 0 radical (unpaired) electrons. The summed E-state index contributed by atoms with van der Waals surface area (Å²) in [5, 5.41) is 2.57. The van der Waals surface area contributed by atoms with Crippen LogP contribution in [0.2, 0.25) is 0 Å². The van der Waals surface area contributed by atoms with Gasteiger partial charge in [-0.2, -0.15) is 0 Å². The Morgan fingerprint density at radius 1 is 0.412 bits per heavy atom. The fraction of sp³-hybridized carbons (Fsp3) is 0.320. The molecule has 0 atom stereocenters. The van der Waals surface area contributed by atoms with Crippen molar-refractivity contribution in [1.29, 1.82) is 0 Å². The SMILES string of the molecule is c1ccc(C2(c3ccc(N(c4ccc(-c5ccc6ccccc6c5)cc4)c4ccc(C56CC7CC(CC(C7)C5)C6)cc4)cc3)CCCCC2)cc1. The minimum absolute atomic E-state index is 0.101. The highest BCUT2D eigenvalue weighted by molar-refractivity contribution is 5.88. The van der Waals surface area contributed by atoms with Gasteiger partial charge in [0.05, 0.1) is 0 Å². The van der Waals surface area contributed by atoms with E-state index in [-0.39, 0.29) is 5.41 Å². The van der Waals surface area contributed by atoms with E-state index in [2.05, 4.69) is 150 Å². The molecule has 0 spiro atoms. The molecule has 1 heteroatoms. The van der Waals surface area contributed by atoms with Gasteiger partial charge in [0.1, 0.15) is 0 Å².